The predicted molar refractivity (Wildman–Crippen MR) is 134 cm³/mol. The number of amides is 2. The summed E-state index contributed by atoms with van der Waals surface area (Å²) in [5.74, 6) is 0.856. The maximum atomic E-state index is 13.0. The highest BCUT2D eigenvalue weighted by Crippen LogP contribution is 2.28. The van der Waals surface area contributed by atoms with Crippen LogP contribution in [0.25, 0.3) is 11.3 Å². The lowest BCUT2D eigenvalue weighted by Crippen LogP contribution is -2.41. The van der Waals surface area contributed by atoms with E-state index >= 15 is 0 Å². The lowest BCUT2D eigenvalue weighted by molar-refractivity contribution is -0.121. The third-order valence-electron chi connectivity index (χ3n) is 6.14. The third kappa shape index (κ3) is 5.39. The number of carbonyl (C=O) groups excluding carboxylic acids is 2. The number of methoxy groups -OCH3 is 2. The van der Waals surface area contributed by atoms with Crippen LogP contribution in [0.15, 0.2) is 47.8 Å². The van der Waals surface area contributed by atoms with E-state index in [4.69, 9.17) is 9.47 Å². The molecule has 1 aliphatic heterocycles. The summed E-state index contributed by atoms with van der Waals surface area (Å²) in [6.07, 6.45) is 2.21. The van der Waals surface area contributed by atoms with E-state index in [-0.39, 0.29) is 17.7 Å². The molecule has 8 heteroatoms. The molecule has 1 aromatic heterocycles. The number of likely N-dealkylation sites (tertiary alicyclic amines) is 1. The average Bonchev–Trinajstić information content (AvgIpc) is 3.36. The van der Waals surface area contributed by atoms with Crippen LogP contribution in [0.1, 0.15) is 35.7 Å². The van der Waals surface area contributed by atoms with E-state index in [0.717, 1.165) is 17.7 Å². The smallest absolute Gasteiger partial charge is 0.254 e. The van der Waals surface area contributed by atoms with Gasteiger partial charge in [0, 0.05) is 41.6 Å². The van der Waals surface area contributed by atoms with Crippen LogP contribution in [0.2, 0.25) is 0 Å². The minimum atomic E-state index is -0.153. The fourth-order valence-electron chi connectivity index (χ4n) is 4.04. The number of hydrogen-bond acceptors (Lipinski definition) is 6. The van der Waals surface area contributed by atoms with E-state index in [1.54, 1.807) is 37.3 Å². The fraction of sp³-hybridized carbons (Fsp3) is 0.346. The van der Waals surface area contributed by atoms with Gasteiger partial charge in [-0.25, -0.2) is 4.98 Å². The first kappa shape index (κ1) is 23.8. The second kappa shape index (κ2) is 10.7. The molecular weight excluding hydrogens is 450 g/mol. The van der Waals surface area contributed by atoms with Crippen LogP contribution >= 0.6 is 11.3 Å². The Bertz CT molecular complexity index is 1130. The predicted octanol–water partition coefficient (Wildman–Crippen LogP) is 4.88. The first-order valence-corrected chi connectivity index (χ1v) is 12.3. The number of ether oxygens (including phenoxy) is 2. The van der Waals surface area contributed by atoms with Gasteiger partial charge in [0.15, 0.2) is 5.13 Å². The standard InChI is InChI=1S/C26H29N3O4S/c1-4-17-5-7-18(8-6-17)23-16-34-26(27-23)28-24(30)19-9-11-29(12-10-19)25(31)20-13-21(32-2)15-22(14-20)33-3/h5-8,13-16,19H,4,9-12H2,1-3H3,(H,27,28,30). The van der Waals surface area contributed by atoms with Crippen molar-refractivity contribution >= 4 is 28.3 Å². The van der Waals surface area contributed by atoms with Gasteiger partial charge < -0.3 is 19.7 Å². The number of aromatic nitrogens is 1. The number of nitrogens with zero attached hydrogens (tertiary/aromatic N) is 2. The van der Waals surface area contributed by atoms with Gasteiger partial charge in [-0.1, -0.05) is 31.2 Å². The van der Waals surface area contributed by atoms with Crippen molar-refractivity contribution in [2.24, 2.45) is 5.92 Å². The van der Waals surface area contributed by atoms with Crippen LogP contribution in [0.5, 0.6) is 11.5 Å². The van der Waals surface area contributed by atoms with Gasteiger partial charge in [0.05, 0.1) is 19.9 Å². The maximum Gasteiger partial charge on any atom is 0.254 e. The van der Waals surface area contributed by atoms with Crippen LogP contribution in [-0.2, 0) is 11.2 Å². The zero-order valence-electron chi connectivity index (χ0n) is 19.7. The number of nitrogens with one attached hydrogen (secondary N) is 1. The zero-order valence-corrected chi connectivity index (χ0v) is 20.5. The monoisotopic (exact) mass is 479 g/mol. The van der Waals surface area contributed by atoms with E-state index in [1.807, 2.05) is 5.38 Å². The SMILES string of the molecule is CCc1ccc(-c2csc(NC(=O)C3CCN(C(=O)c4cc(OC)cc(OC)c4)CC3)n2)cc1. The second-order valence-corrected chi connectivity index (χ2v) is 9.10. The van der Waals surface area contributed by atoms with Gasteiger partial charge in [0.1, 0.15) is 11.5 Å². The first-order valence-electron chi connectivity index (χ1n) is 11.4. The highest BCUT2D eigenvalue weighted by Gasteiger charge is 2.28. The molecule has 3 aromatic rings. The van der Waals surface area contributed by atoms with Gasteiger partial charge in [-0.2, -0.15) is 0 Å². The first-order chi connectivity index (χ1) is 16.5. The summed E-state index contributed by atoms with van der Waals surface area (Å²) in [5.41, 5.74) is 3.69. The Morgan fingerprint density at radius 3 is 2.29 bits per heavy atom. The normalized spacial score (nSPS) is 14.0. The van der Waals surface area contributed by atoms with Crippen LogP contribution in [0.4, 0.5) is 5.13 Å². The molecule has 1 aliphatic rings. The number of thiazole rings is 1. The summed E-state index contributed by atoms with van der Waals surface area (Å²) >= 11 is 1.43. The molecule has 1 saturated heterocycles. The van der Waals surface area contributed by atoms with Crippen molar-refractivity contribution in [2.75, 3.05) is 32.6 Å². The van der Waals surface area contributed by atoms with Gasteiger partial charge in [-0.3, -0.25) is 9.59 Å². The molecule has 2 amide bonds. The van der Waals surface area contributed by atoms with Crippen LogP contribution in [0, 0.1) is 5.92 Å². The summed E-state index contributed by atoms with van der Waals surface area (Å²) < 4.78 is 10.5. The molecule has 34 heavy (non-hydrogen) atoms. The summed E-state index contributed by atoms with van der Waals surface area (Å²) in [4.78, 5) is 32.2. The molecule has 2 aromatic carbocycles. The number of anilines is 1. The van der Waals surface area contributed by atoms with Crippen molar-refractivity contribution < 1.29 is 19.1 Å². The molecule has 0 unspecified atom stereocenters. The van der Waals surface area contributed by atoms with Gasteiger partial charge in [-0.15, -0.1) is 11.3 Å². The molecule has 1 fully saturated rings. The van der Waals surface area contributed by atoms with Gasteiger partial charge in [0.25, 0.3) is 5.91 Å². The topological polar surface area (TPSA) is 80.8 Å². The Hall–Kier alpha value is -3.39. The molecule has 178 valence electrons. The van der Waals surface area contributed by atoms with Gasteiger partial charge >= 0.3 is 0 Å². The fourth-order valence-corrected chi connectivity index (χ4v) is 4.76. The average molecular weight is 480 g/mol. The second-order valence-electron chi connectivity index (χ2n) is 8.25. The van der Waals surface area contributed by atoms with Gasteiger partial charge in [-0.05, 0) is 37.0 Å². The summed E-state index contributed by atoms with van der Waals surface area (Å²) in [7, 11) is 3.11. The van der Waals surface area contributed by atoms with E-state index < -0.39 is 0 Å². The van der Waals surface area contributed by atoms with Crippen LogP contribution in [0.3, 0.4) is 0 Å². The van der Waals surface area contributed by atoms with Crippen LogP contribution in [-0.4, -0.2) is 49.0 Å². The number of carbonyl (C=O) groups is 2. The number of hydrogen-bond donors (Lipinski definition) is 1. The Morgan fingerprint density at radius 1 is 1.06 bits per heavy atom. The minimum absolute atomic E-state index is 0.0441. The number of aryl methyl sites for hydroxylation is 1. The molecule has 0 spiro atoms. The van der Waals surface area contributed by atoms with Crippen molar-refractivity contribution in [1.82, 2.24) is 9.88 Å². The van der Waals surface area contributed by atoms with Crippen molar-refractivity contribution in [3.8, 4) is 22.8 Å². The quantitative estimate of drug-likeness (QED) is 0.522. The van der Waals surface area contributed by atoms with E-state index in [0.29, 0.717) is 48.1 Å². The van der Waals surface area contributed by atoms with E-state index in [1.165, 1.54) is 16.9 Å². The molecule has 0 saturated carbocycles. The minimum Gasteiger partial charge on any atom is -0.497 e. The highest BCUT2D eigenvalue weighted by molar-refractivity contribution is 7.14. The molecule has 4 rings (SSSR count). The number of benzene rings is 2. The molecular formula is C26H29N3O4S. The lowest BCUT2D eigenvalue weighted by Gasteiger charge is -2.31. The summed E-state index contributed by atoms with van der Waals surface area (Å²) in [6.45, 7) is 3.16. The number of rotatable bonds is 7. The summed E-state index contributed by atoms with van der Waals surface area (Å²) in [5, 5.41) is 5.52. The molecule has 0 radical (unpaired) electrons. The van der Waals surface area contributed by atoms with Crippen LogP contribution < -0.4 is 14.8 Å². The Balaban J connectivity index is 1.33. The number of piperidine rings is 1. The lowest BCUT2D eigenvalue weighted by atomic mass is 9.95. The Labute approximate surface area is 203 Å². The third-order valence-corrected chi connectivity index (χ3v) is 6.90. The molecule has 0 atom stereocenters. The molecule has 7 nitrogen and oxygen atoms in total. The zero-order chi connectivity index (χ0) is 24.1. The summed E-state index contributed by atoms with van der Waals surface area (Å²) in [6, 6.07) is 13.5. The van der Waals surface area contributed by atoms with Crippen molar-refractivity contribution in [3.05, 3.63) is 59.0 Å². The highest BCUT2D eigenvalue weighted by atomic mass is 32.1. The largest absolute Gasteiger partial charge is 0.497 e. The Morgan fingerprint density at radius 2 is 1.71 bits per heavy atom. The molecule has 0 bridgehead atoms. The molecule has 1 N–H and O–H groups in total. The molecule has 0 aliphatic carbocycles. The van der Waals surface area contributed by atoms with Gasteiger partial charge in [0.2, 0.25) is 5.91 Å². The van der Waals surface area contributed by atoms with E-state index in [2.05, 4.69) is 41.5 Å². The van der Waals surface area contributed by atoms with Crippen molar-refractivity contribution in [1.29, 1.82) is 0 Å². The van der Waals surface area contributed by atoms with Crippen molar-refractivity contribution in [2.45, 2.75) is 26.2 Å². The molecule has 2 heterocycles. The maximum absolute atomic E-state index is 13.0. The van der Waals surface area contributed by atoms with Crippen molar-refractivity contribution in [3.63, 3.8) is 0 Å². The Kier molecular flexibility index (Phi) is 7.47. The van der Waals surface area contributed by atoms with E-state index in [9.17, 15) is 9.59 Å².